The summed E-state index contributed by atoms with van der Waals surface area (Å²) in [7, 11) is 0. The molecule has 0 bridgehead atoms. The van der Waals surface area contributed by atoms with E-state index in [4.69, 9.17) is 5.11 Å². The average molecular weight is 248 g/mol. The van der Waals surface area contributed by atoms with Gasteiger partial charge in [0, 0.05) is 11.6 Å². The monoisotopic (exact) mass is 248 g/mol. The Balaban J connectivity index is 2.44. The lowest BCUT2D eigenvalue weighted by Crippen LogP contribution is -2.30. The van der Waals surface area contributed by atoms with E-state index in [-0.39, 0.29) is 11.1 Å². The molecule has 0 unspecified atom stereocenters. The Labute approximate surface area is 101 Å². The molecule has 0 saturated carbocycles. The zero-order chi connectivity index (χ0) is 13.1. The maximum atomic E-state index is 13.7. The maximum absolute atomic E-state index is 13.7. The molecule has 0 aliphatic carbocycles. The van der Waals surface area contributed by atoms with Crippen molar-refractivity contribution < 1.29 is 19.1 Å². The lowest BCUT2D eigenvalue weighted by atomic mass is 10.1. The predicted octanol–water partition coefficient (Wildman–Crippen LogP) is 1.19. The lowest BCUT2D eigenvalue weighted by molar-refractivity contribution is -0.135. The third-order valence-electron chi connectivity index (χ3n) is 2.36. The lowest BCUT2D eigenvalue weighted by Gasteiger charge is -2.06. The van der Waals surface area contributed by atoms with Gasteiger partial charge in [0.15, 0.2) is 0 Å². The Morgan fingerprint density at radius 1 is 1.33 bits per heavy atom. The van der Waals surface area contributed by atoms with Gasteiger partial charge in [-0.3, -0.25) is 14.6 Å². The molecule has 0 spiro atoms. The summed E-state index contributed by atoms with van der Waals surface area (Å²) >= 11 is 0. The van der Waals surface area contributed by atoms with Crippen LogP contribution in [0.3, 0.4) is 0 Å². The predicted molar refractivity (Wildman–Crippen MR) is 61.7 cm³/mol. The third-order valence-corrected chi connectivity index (χ3v) is 2.36. The number of halogens is 1. The Morgan fingerprint density at radius 3 is 2.83 bits per heavy atom. The maximum Gasteiger partial charge on any atom is 0.322 e. The number of aliphatic carboxylic acids is 1. The molecule has 1 heterocycles. The van der Waals surface area contributed by atoms with Crippen LogP contribution in [-0.2, 0) is 4.79 Å². The Morgan fingerprint density at radius 2 is 2.11 bits per heavy atom. The van der Waals surface area contributed by atoms with Gasteiger partial charge in [0.1, 0.15) is 18.1 Å². The van der Waals surface area contributed by atoms with Crippen molar-refractivity contribution in [2.24, 2.45) is 0 Å². The molecular weight excluding hydrogens is 239 g/mol. The van der Waals surface area contributed by atoms with Gasteiger partial charge in [-0.25, -0.2) is 4.39 Å². The topological polar surface area (TPSA) is 79.3 Å². The van der Waals surface area contributed by atoms with Crippen molar-refractivity contribution in [3.63, 3.8) is 0 Å². The van der Waals surface area contributed by atoms with E-state index in [0.717, 1.165) is 0 Å². The van der Waals surface area contributed by atoms with E-state index in [1.807, 2.05) is 0 Å². The molecule has 0 saturated heterocycles. The number of carbonyl (C=O) groups excluding carboxylic acids is 1. The van der Waals surface area contributed by atoms with Crippen molar-refractivity contribution in [2.45, 2.75) is 0 Å². The molecule has 1 aromatic carbocycles. The van der Waals surface area contributed by atoms with Crippen LogP contribution in [0.2, 0.25) is 0 Å². The molecule has 2 N–H and O–H groups in total. The minimum atomic E-state index is -1.18. The first-order chi connectivity index (χ1) is 8.59. The second kappa shape index (κ2) is 4.79. The molecule has 6 heteroatoms. The number of rotatable bonds is 3. The number of carboxylic acid groups (broad SMARTS) is 1. The minimum absolute atomic E-state index is 0.0860. The summed E-state index contributed by atoms with van der Waals surface area (Å²) in [4.78, 5) is 25.9. The van der Waals surface area contributed by atoms with Gasteiger partial charge in [-0.05, 0) is 17.5 Å². The van der Waals surface area contributed by atoms with Crippen molar-refractivity contribution in [2.75, 3.05) is 6.54 Å². The van der Waals surface area contributed by atoms with Gasteiger partial charge in [0.2, 0.25) is 0 Å². The number of carboxylic acids is 1. The number of aromatic nitrogens is 1. The standard InChI is InChI=1S/C12H9FN2O3/c13-8-3-1-2-7-4-5-14-11(10(7)8)12(18)15-6-9(16)17/h1-5H,6H2,(H,15,18)(H,16,17). The summed E-state index contributed by atoms with van der Waals surface area (Å²) < 4.78 is 13.7. The van der Waals surface area contributed by atoms with Crippen LogP contribution in [0, 0.1) is 5.82 Å². The van der Waals surface area contributed by atoms with Crippen molar-refractivity contribution in [3.05, 3.63) is 42.0 Å². The van der Waals surface area contributed by atoms with E-state index in [1.54, 1.807) is 12.1 Å². The molecule has 0 fully saturated rings. The van der Waals surface area contributed by atoms with E-state index in [1.165, 1.54) is 18.3 Å². The summed E-state index contributed by atoms with van der Waals surface area (Å²) in [5, 5.41) is 11.2. The number of benzene rings is 1. The van der Waals surface area contributed by atoms with Crippen molar-refractivity contribution in [3.8, 4) is 0 Å². The first-order valence-corrected chi connectivity index (χ1v) is 5.13. The zero-order valence-electron chi connectivity index (χ0n) is 9.18. The Kier molecular flexibility index (Phi) is 3.18. The second-order valence-corrected chi connectivity index (χ2v) is 3.57. The van der Waals surface area contributed by atoms with Gasteiger partial charge in [-0.1, -0.05) is 12.1 Å². The van der Waals surface area contributed by atoms with Crippen molar-refractivity contribution >= 4 is 22.6 Å². The van der Waals surface area contributed by atoms with Gasteiger partial charge in [-0.2, -0.15) is 0 Å². The molecule has 0 aliphatic rings. The van der Waals surface area contributed by atoms with E-state index >= 15 is 0 Å². The quantitative estimate of drug-likeness (QED) is 0.855. The summed E-state index contributed by atoms with van der Waals surface area (Å²) in [6.07, 6.45) is 1.37. The van der Waals surface area contributed by atoms with E-state index < -0.39 is 24.2 Å². The second-order valence-electron chi connectivity index (χ2n) is 3.57. The average Bonchev–Trinajstić information content (AvgIpc) is 2.35. The van der Waals surface area contributed by atoms with Gasteiger partial charge in [0.25, 0.3) is 5.91 Å². The Hall–Kier alpha value is -2.50. The fraction of sp³-hybridized carbons (Fsp3) is 0.0833. The fourth-order valence-corrected chi connectivity index (χ4v) is 1.60. The van der Waals surface area contributed by atoms with Gasteiger partial charge in [-0.15, -0.1) is 0 Å². The first-order valence-electron chi connectivity index (χ1n) is 5.13. The molecule has 0 atom stereocenters. The molecule has 2 aromatic rings. The number of nitrogens with zero attached hydrogens (tertiary/aromatic N) is 1. The van der Waals surface area contributed by atoms with Crippen LogP contribution in [-0.4, -0.2) is 28.5 Å². The molecule has 0 radical (unpaired) electrons. The number of amides is 1. The van der Waals surface area contributed by atoms with Crippen LogP contribution >= 0.6 is 0 Å². The molecule has 1 amide bonds. The van der Waals surface area contributed by atoms with Crippen molar-refractivity contribution in [1.29, 1.82) is 0 Å². The van der Waals surface area contributed by atoms with E-state index in [0.29, 0.717) is 5.39 Å². The van der Waals surface area contributed by atoms with Gasteiger partial charge in [0.05, 0.1) is 0 Å². The van der Waals surface area contributed by atoms with Crippen LogP contribution in [0.5, 0.6) is 0 Å². The fourth-order valence-electron chi connectivity index (χ4n) is 1.60. The van der Waals surface area contributed by atoms with Crippen molar-refractivity contribution in [1.82, 2.24) is 10.3 Å². The molecule has 2 rings (SSSR count). The highest BCUT2D eigenvalue weighted by atomic mass is 19.1. The molecule has 1 aromatic heterocycles. The molecular formula is C12H9FN2O3. The normalized spacial score (nSPS) is 10.3. The number of nitrogens with one attached hydrogen (secondary N) is 1. The van der Waals surface area contributed by atoms with E-state index in [9.17, 15) is 14.0 Å². The van der Waals surface area contributed by atoms with Crippen LogP contribution in [0.15, 0.2) is 30.5 Å². The number of hydrogen-bond acceptors (Lipinski definition) is 3. The minimum Gasteiger partial charge on any atom is -0.480 e. The SMILES string of the molecule is O=C(O)CNC(=O)c1nccc2cccc(F)c12. The largest absolute Gasteiger partial charge is 0.480 e. The smallest absolute Gasteiger partial charge is 0.322 e. The van der Waals surface area contributed by atoms with Crippen LogP contribution in [0.25, 0.3) is 10.8 Å². The van der Waals surface area contributed by atoms with E-state index in [2.05, 4.69) is 10.3 Å². The highest BCUT2D eigenvalue weighted by Gasteiger charge is 2.15. The highest BCUT2D eigenvalue weighted by molar-refractivity contribution is 6.05. The number of fused-ring (bicyclic) bond motifs is 1. The third kappa shape index (κ3) is 2.27. The summed E-state index contributed by atoms with van der Waals surface area (Å²) in [6, 6.07) is 5.97. The Bertz CT molecular complexity index is 622. The van der Waals surface area contributed by atoms with Crippen LogP contribution < -0.4 is 5.32 Å². The van der Waals surface area contributed by atoms with Gasteiger partial charge < -0.3 is 10.4 Å². The first kappa shape index (κ1) is 12.0. The van der Waals surface area contributed by atoms with Gasteiger partial charge >= 0.3 is 5.97 Å². The number of hydrogen-bond donors (Lipinski definition) is 2. The molecule has 0 aliphatic heterocycles. The zero-order valence-corrected chi connectivity index (χ0v) is 9.18. The molecule has 18 heavy (non-hydrogen) atoms. The summed E-state index contributed by atoms with van der Waals surface area (Å²) in [6.45, 7) is -0.536. The number of carbonyl (C=O) groups is 2. The summed E-state index contributed by atoms with van der Waals surface area (Å²) in [5.41, 5.74) is -0.119. The van der Waals surface area contributed by atoms with Crippen LogP contribution in [0.4, 0.5) is 4.39 Å². The highest BCUT2D eigenvalue weighted by Crippen LogP contribution is 2.19. The molecule has 92 valence electrons. The van der Waals surface area contributed by atoms with Crippen LogP contribution in [0.1, 0.15) is 10.5 Å². The summed E-state index contributed by atoms with van der Waals surface area (Å²) in [5.74, 6) is -2.46. The molecule has 5 nitrogen and oxygen atoms in total. The number of pyridine rings is 1.